The smallest absolute Gasteiger partial charge is 0.242 e. The molecule has 0 aromatic carbocycles. The first kappa shape index (κ1) is 14.3. The van der Waals surface area contributed by atoms with Gasteiger partial charge < -0.3 is 21.3 Å². The van der Waals surface area contributed by atoms with Crippen LogP contribution in [0.4, 0.5) is 17.8 Å². The fourth-order valence-electron chi connectivity index (χ4n) is 2.09. The predicted octanol–water partition coefficient (Wildman–Crippen LogP) is -0.00950. The summed E-state index contributed by atoms with van der Waals surface area (Å²) in [6, 6.07) is -0.428. The molecule has 1 aliphatic heterocycles. The van der Waals surface area contributed by atoms with Gasteiger partial charge in [-0.1, -0.05) is 0 Å². The molecule has 8 nitrogen and oxygen atoms in total. The van der Waals surface area contributed by atoms with E-state index in [2.05, 4.69) is 30.5 Å². The molecule has 2 rings (SSSR count). The van der Waals surface area contributed by atoms with Gasteiger partial charge in [0, 0.05) is 19.6 Å². The molecule has 8 heteroatoms. The van der Waals surface area contributed by atoms with Crippen molar-refractivity contribution >= 4 is 23.8 Å². The number of amides is 1. The molecule has 0 saturated carbocycles. The Morgan fingerprint density at radius 3 is 2.70 bits per heavy atom. The molecule has 1 fully saturated rings. The van der Waals surface area contributed by atoms with Crippen LogP contribution in [0.3, 0.4) is 0 Å². The van der Waals surface area contributed by atoms with Crippen molar-refractivity contribution in [1.29, 1.82) is 0 Å². The van der Waals surface area contributed by atoms with Crippen molar-refractivity contribution in [3.63, 3.8) is 0 Å². The van der Waals surface area contributed by atoms with Crippen LogP contribution in [0.1, 0.15) is 26.7 Å². The fraction of sp³-hybridized carbons (Fsp3) is 0.667. The molecule has 110 valence electrons. The lowest BCUT2D eigenvalue weighted by Crippen LogP contribution is -2.38. The van der Waals surface area contributed by atoms with Crippen molar-refractivity contribution in [3.8, 4) is 0 Å². The van der Waals surface area contributed by atoms with Crippen molar-refractivity contribution in [3.05, 3.63) is 0 Å². The van der Waals surface area contributed by atoms with E-state index in [1.807, 2.05) is 6.92 Å². The second-order valence-electron chi connectivity index (χ2n) is 4.77. The lowest BCUT2D eigenvalue weighted by molar-refractivity contribution is -0.121. The van der Waals surface area contributed by atoms with Gasteiger partial charge in [0.25, 0.3) is 0 Å². The molecule has 1 atom stereocenters. The highest BCUT2D eigenvalue weighted by Crippen LogP contribution is 2.17. The van der Waals surface area contributed by atoms with Crippen LogP contribution >= 0.6 is 0 Å². The zero-order chi connectivity index (χ0) is 14.5. The monoisotopic (exact) mass is 279 g/mol. The van der Waals surface area contributed by atoms with E-state index in [0.29, 0.717) is 18.4 Å². The number of rotatable bonds is 5. The number of nitrogens with one attached hydrogen (secondary N) is 2. The largest absolute Gasteiger partial charge is 0.368 e. The Bertz CT molecular complexity index is 473. The van der Waals surface area contributed by atoms with Crippen LogP contribution in [-0.2, 0) is 4.79 Å². The molecule has 0 radical (unpaired) electrons. The van der Waals surface area contributed by atoms with Crippen molar-refractivity contribution in [2.75, 3.05) is 35.6 Å². The maximum atomic E-state index is 11.7. The number of nitrogens with two attached hydrogens (primary N) is 1. The van der Waals surface area contributed by atoms with Crippen LogP contribution in [0.5, 0.6) is 0 Å². The van der Waals surface area contributed by atoms with E-state index in [1.54, 1.807) is 6.92 Å². The fourth-order valence-corrected chi connectivity index (χ4v) is 2.09. The molecule has 0 aliphatic carbocycles. The van der Waals surface area contributed by atoms with Crippen LogP contribution in [0.25, 0.3) is 0 Å². The molecule has 4 N–H and O–H groups in total. The molecule has 1 aromatic rings. The molecular formula is C12H21N7O. The summed E-state index contributed by atoms with van der Waals surface area (Å²) in [5, 5.41) is 5.69. The second kappa shape index (κ2) is 6.36. The summed E-state index contributed by atoms with van der Waals surface area (Å²) in [6.07, 6.45) is 2.26. The maximum Gasteiger partial charge on any atom is 0.242 e. The molecule has 20 heavy (non-hydrogen) atoms. The number of hydrogen-bond donors (Lipinski definition) is 3. The zero-order valence-electron chi connectivity index (χ0n) is 11.9. The van der Waals surface area contributed by atoms with E-state index in [9.17, 15) is 4.79 Å². The zero-order valence-corrected chi connectivity index (χ0v) is 11.9. The summed E-state index contributed by atoms with van der Waals surface area (Å²) in [4.78, 5) is 26.3. The normalized spacial score (nSPS) is 16.0. The minimum Gasteiger partial charge on any atom is -0.368 e. The van der Waals surface area contributed by atoms with Crippen LogP contribution < -0.4 is 21.3 Å². The Hall–Kier alpha value is -2.12. The summed E-state index contributed by atoms with van der Waals surface area (Å²) in [5.41, 5.74) is 5.71. The Labute approximate surface area is 118 Å². The van der Waals surface area contributed by atoms with Gasteiger partial charge in [-0.2, -0.15) is 15.0 Å². The summed E-state index contributed by atoms with van der Waals surface area (Å²) in [5.74, 6) is 0.959. The molecule has 0 spiro atoms. The predicted molar refractivity (Wildman–Crippen MR) is 77.5 cm³/mol. The van der Waals surface area contributed by atoms with Crippen LogP contribution in [0, 0.1) is 0 Å². The number of carbonyl (C=O) groups excluding carboxylic acids is 1. The topological polar surface area (TPSA) is 109 Å². The molecule has 1 unspecified atom stereocenters. The van der Waals surface area contributed by atoms with Crippen molar-refractivity contribution < 1.29 is 4.79 Å². The maximum absolute atomic E-state index is 11.7. The molecule has 2 heterocycles. The molecule has 1 aromatic heterocycles. The highest BCUT2D eigenvalue weighted by Gasteiger charge is 2.18. The Balaban J connectivity index is 2.09. The summed E-state index contributed by atoms with van der Waals surface area (Å²) < 4.78 is 0. The van der Waals surface area contributed by atoms with E-state index in [1.165, 1.54) is 0 Å². The van der Waals surface area contributed by atoms with E-state index < -0.39 is 6.04 Å². The first-order chi connectivity index (χ1) is 9.60. The lowest BCUT2D eigenvalue weighted by Gasteiger charge is -2.17. The van der Waals surface area contributed by atoms with Gasteiger partial charge >= 0.3 is 0 Å². The molecule has 1 aliphatic rings. The number of carbonyl (C=O) groups is 1. The molecular weight excluding hydrogens is 258 g/mol. The number of nitrogens with zero attached hydrogens (tertiary/aromatic N) is 4. The van der Waals surface area contributed by atoms with Crippen LogP contribution in [0.15, 0.2) is 0 Å². The first-order valence-electron chi connectivity index (χ1n) is 6.91. The van der Waals surface area contributed by atoms with Crippen LogP contribution in [-0.4, -0.2) is 46.5 Å². The number of aromatic nitrogens is 3. The van der Waals surface area contributed by atoms with Crippen molar-refractivity contribution in [2.45, 2.75) is 32.7 Å². The highest BCUT2D eigenvalue weighted by atomic mass is 16.2. The van der Waals surface area contributed by atoms with E-state index in [-0.39, 0.29) is 11.9 Å². The Morgan fingerprint density at radius 2 is 2.05 bits per heavy atom. The number of likely N-dealkylation sites (N-methyl/N-ethyl adjacent to an activating group) is 1. The van der Waals surface area contributed by atoms with Gasteiger partial charge in [0.2, 0.25) is 23.8 Å². The summed E-state index contributed by atoms with van der Waals surface area (Å²) >= 11 is 0. The second-order valence-corrected chi connectivity index (χ2v) is 4.77. The summed E-state index contributed by atoms with van der Waals surface area (Å²) in [6.45, 7) is 6.06. The highest BCUT2D eigenvalue weighted by molar-refractivity contribution is 5.83. The Kier molecular flexibility index (Phi) is 4.54. The van der Waals surface area contributed by atoms with E-state index >= 15 is 0 Å². The van der Waals surface area contributed by atoms with Crippen molar-refractivity contribution in [2.24, 2.45) is 0 Å². The van der Waals surface area contributed by atoms with Crippen molar-refractivity contribution in [1.82, 2.24) is 20.3 Å². The number of nitrogen functional groups attached to an aromatic ring is 1. The third-order valence-electron chi connectivity index (χ3n) is 3.12. The van der Waals surface area contributed by atoms with Gasteiger partial charge in [0.1, 0.15) is 6.04 Å². The minimum absolute atomic E-state index is 0.103. The van der Waals surface area contributed by atoms with Gasteiger partial charge in [-0.3, -0.25) is 4.79 Å². The average Bonchev–Trinajstić information content (AvgIpc) is 2.92. The minimum atomic E-state index is -0.428. The molecule has 0 bridgehead atoms. The van der Waals surface area contributed by atoms with Crippen LogP contribution in [0.2, 0.25) is 0 Å². The number of anilines is 3. The quantitative estimate of drug-likeness (QED) is 0.695. The summed E-state index contributed by atoms with van der Waals surface area (Å²) in [7, 11) is 0. The van der Waals surface area contributed by atoms with E-state index in [0.717, 1.165) is 25.9 Å². The number of hydrogen-bond acceptors (Lipinski definition) is 7. The Morgan fingerprint density at radius 1 is 1.35 bits per heavy atom. The first-order valence-corrected chi connectivity index (χ1v) is 6.91. The van der Waals surface area contributed by atoms with Gasteiger partial charge in [-0.15, -0.1) is 0 Å². The lowest BCUT2D eigenvalue weighted by atomic mass is 10.3. The van der Waals surface area contributed by atoms with Gasteiger partial charge in [-0.05, 0) is 26.7 Å². The third-order valence-corrected chi connectivity index (χ3v) is 3.12. The molecule has 1 amide bonds. The van der Waals surface area contributed by atoms with Gasteiger partial charge in [-0.25, -0.2) is 0 Å². The van der Waals surface area contributed by atoms with Gasteiger partial charge in [0.05, 0.1) is 0 Å². The van der Waals surface area contributed by atoms with E-state index in [4.69, 9.17) is 5.73 Å². The standard InChI is InChI=1S/C12H21N7O/c1-3-14-9(20)8(2)15-11-16-10(13)17-12(18-11)19-6-4-5-7-19/h8H,3-7H2,1-2H3,(H,14,20)(H3,13,15,16,17,18). The molecule has 1 saturated heterocycles. The third kappa shape index (κ3) is 3.46. The average molecular weight is 279 g/mol. The SMILES string of the molecule is CCNC(=O)C(C)Nc1nc(N)nc(N2CCCC2)n1. The van der Waals surface area contributed by atoms with Gasteiger partial charge in [0.15, 0.2) is 0 Å².